The molecule has 1 aliphatic rings. The molecule has 0 saturated heterocycles. The fourth-order valence-corrected chi connectivity index (χ4v) is 3.02. The van der Waals surface area contributed by atoms with Gasteiger partial charge in [-0.1, -0.05) is 27.2 Å². The molecule has 0 amide bonds. The van der Waals surface area contributed by atoms with Crippen molar-refractivity contribution in [3.8, 4) is 0 Å². The van der Waals surface area contributed by atoms with Gasteiger partial charge in [0.25, 0.3) is 0 Å². The van der Waals surface area contributed by atoms with E-state index in [-0.39, 0.29) is 11.4 Å². The largest absolute Gasteiger partial charge is 0.462 e. The van der Waals surface area contributed by atoms with E-state index >= 15 is 0 Å². The lowest BCUT2D eigenvalue weighted by atomic mass is 9.75. The van der Waals surface area contributed by atoms with Crippen LogP contribution in [0.2, 0.25) is 0 Å². The molecule has 1 aromatic heterocycles. The first-order valence-electron chi connectivity index (χ1n) is 7.70. The Morgan fingerprint density at radius 2 is 2.15 bits per heavy atom. The first-order valence-corrected chi connectivity index (χ1v) is 7.70. The topological polar surface area (TPSA) is 39.2 Å². The number of rotatable bonds is 4. The molecule has 0 spiro atoms. The van der Waals surface area contributed by atoms with Crippen LogP contribution in [0.15, 0.2) is 6.07 Å². The zero-order chi connectivity index (χ0) is 14.8. The number of aromatic nitrogens is 1. The summed E-state index contributed by atoms with van der Waals surface area (Å²) in [5.74, 6) is -0.227. The maximum Gasteiger partial charge on any atom is 0.339 e. The lowest BCUT2D eigenvalue weighted by Gasteiger charge is -2.32. The Hall–Kier alpha value is -1.38. The van der Waals surface area contributed by atoms with Gasteiger partial charge in [0.1, 0.15) is 0 Å². The molecular weight excluding hydrogens is 250 g/mol. The van der Waals surface area contributed by atoms with E-state index in [0.29, 0.717) is 12.2 Å². The SMILES string of the molecule is CCCc1nc2c(cc1C(=O)OCC)CCCC2(C)C. The third-order valence-electron chi connectivity index (χ3n) is 4.05. The minimum absolute atomic E-state index is 0.114. The van der Waals surface area contributed by atoms with Gasteiger partial charge in [-0.15, -0.1) is 0 Å². The van der Waals surface area contributed by atoms with E-state index in [9.17, 15) is 4.79 Å². The Morgan fingerprint density at radius 1 is 1.40 bits per heavy atom. The van der Waals surface area contributed by atoms with Gasteiger partial charge in [0, 0.05) is 11.1 Å². The van der Waals surface area contributed by atoms with Crippen molar-refractivity contribution in [3.63, 3.8) is 0 Å². The van der Waals surface area contributed by atoms with Crippen molar-refractivity contribution < 1.29 is 9.53 Å². The highest BCUT2D eigenvalue weighted by atomic mass is 16.5. The number of hydrogen-bond donors (Lipinski definition) is 0. The molecule has 0 fully saturated rings. The smallest absolute Gasteiger partial charge is 0.339 e. The van der Waals surface area contributed by atoms with Gasteiger partial charge >= 0.3 is 5.97 Å². The highest BCUT2D eigenvalue weighted by molar-refractivity contribution is 5.91. The second-order valence-corrected chi connectivity index (χ2v) is 6.20. The average molecular weight is 275 g/mol. The predicted molar refractivity (Wildman–Crippen MR) is 80.2 cm³/mol. The number of carbonyl (C=O) groups excluding carboxylic acids is 1. The summed E-state index contributed by atoms with van der Waals surface area (Å²) in [5.41, 5.74) is 4.10. The summed E-state index contributed by atoms with van der Waals surface area (Å²) in [6.07, 6.45) is 5.16. The molecule has 1 aliphatic carbocycles. The summed E-state index contributed by atoms with van der Waals surface area (Å²) < 4.78 is 5.18. The van der Waals surface area contributed by atoms with Crippen LogP contribution in [0.5, 0.6) is 0 Å². The van der Waals surface area contributed by atoms with Crippen LogP contribution in [-0.4, -0.2) is 17.6 Å². The number of aryl methyl sites for hydroxylation is 2. The molecule has 0 unspecified atom stereocenters. The Morgan fingerprint density at radius 3 is 2.80 bits per heavy atom. The lowest BCUT2D eigenvalue weighted by Crippen LogP contribution is -2.27. The van der Waals surface area contributed by atoms with Gasteiger partial charge in [0.15, 0.2) is 0 Å². The number of ether oxygens (including phenoxy) is 1. The fourth-order valence-electron chi connectivity index (χ4n) is 3.02. The first kappa shape index (κ1) is 15.0. The molecule has 0 N–H and O–H groups in total. The summed E-state index contributed by atoms with van der Waals surface area (Å²) in [4.78, 5) is 17.0. The van der Waals surface area contributed by atoms with Crippen molar-refractivity contribution in [2.45, 2.75) is 65.2 Å². The van der Waals surface area contributed by atoms with E-state index in [4.69, 9.17) is 9.72 Å². The third-order valence-corrected chi connectivity index (χ3v) is 4.05. The first-order chi connectivity index (χ1) is 9.49. The molecule has 3 nitrogen and oxygen atoms in total. The van der Waals surface area contributed by atoms with Crippen LogP contribution in [0.1, 0.15) is 74.3 Å². The second-order valence-electron chi connectivity index (χ2n) is 6.20. The van der Waals surface area contributed by atoms with Gasteiger partial charge in [-0.25, -0.2) is 4.79 Å². The molecule has 0 radical (unpaired) electrons. The molecule has 1 aromatic rings. The van der Waals surface area contributed by atoms with Crippen LogP contribution in [0.25, 0.3) is 0 Å². The summed E-state index contributed by atoms with van der Waals surface area (Å²) in [6, 6.07) is 2.03. The average Bonchev–Trinajstić information content (AvgIpc) is 2.39. The molecule has 110 valence electrons. The minimum atomic E-state index is -0.227. The molecule has 0 aromatic carbocycles. The van der Waals surface area contributed by atoms with Crippen molar-refractivity contribution in [1.82, 2.24) is 4.98 Å². The number of pyridine rings is 1. The lowest BCUT2D eigenvalue weighted by molar-refractivity contribution is 0.0524. The monoisotopic (exact) mass is 275 g/mol. The summed E-state index contributed by atoms with van der Waals surface area (Å²) in [6.45, 7) is 8.86. The molecule has 20 heavy (non-hydrogen) atoms. The van der Waals surface area contributed by atoms with Crippen LogP contribution in [0, 0.1) is 0 Å². The molecule has 0 bridgehead atoms. The van der Waals surface area contributed by atoms with E-state index in [1.807, 2.05) is 13.0 Å². The summed E-state index contributed by atoms with van der Waals surface area (Å²) >= 11 is 0. The van der Waals surface area contributed by atoms with Gasteiger partial charge in [-0.2, -0.15) is 0 Å². The Labute approximate surface area is 121 Å². The number of esters is 1. The fraction of sp³-hybridized carbons (Fsp3) is 0.647. The van der Waals surface area contributed by atoms with E-state index in [0.717, 1.165) is 37.8 Å². The molecule has 1 heterocycles. The highest BCUT2D eigenvalue weighted by Gasteiger charge is 2.31. The van der Waals surface area contributed by atoms with Crippen LogP contribution < -0.4 is 0 Å². The van der Waals surface area contributed by atoms with Gasteiger partial charge < -0.3 is 4.74 Å². The normalized spacial score (nSPS) is 16.6. The molecular formula is C17H25NO2. The Balaban J connectivity index is 2.50. The second kappa shape index (κ2) is 5.94. The van der Waals surface area contributed by atoms with Crippen molar-refractivity contribution in [2.75, 3.05) is 6.61 Å². The maximum atomic E-state index is 12.1. The Kier molecular flexibility index (Phi) is 4.46. The highest BCUT2D eigenvalue weighted by Crippen LogP contribution is 2.36. The van der Waals surface area contributed by atoms with Crippen LogP contribution in [0.4, 0.5) is 0 Å². The van der Waals surface area contributed by atoms with Gasteiger partial charge in [0.05, 0.1) is 17.9 Å². The third kappa shape index (κ3) is 2.87. The quantitative estimate of drug-likeness (QED) is 0.784. The molecule has 0 atom stereocenters. The van der Waals surface area contributed by atoms with E-state index < -0.39 is 0 Å². The van der Waals surface area contributed by atoms with Gasteiger partial charge in [0.2, 0.25) is 0 Å². The summed E-state index contributed by atoms with van der Waals surface area (Å²) in [7, 11) is 0. The van der Waals surface area contributed by atoms with E-state index in [2.05, 4.69) is 20.8 Å². The molecule has 0 aliphatic heterocycles. The molecule has 2 rings (SSSR count). The van der Waals surface area contributed by atoms with Crippen LogP contribution in [0.3, 0.4) is 0 Å². The van der Waals surface area contributed by atoms with E-state index in [1.54, 1.807) is 0 Å². The predicted octanol–water partition coefficient (Wildman–Crippen LogP) is 3.82. The zero-order valence-electron chi connectivity index (χ0n) is 13.1. The van der Waals surface area contributed by atoms with Crippen molar-refractivity contribution >= 4 is 5.97 Å². The van der Waals surface area contributed by atoms with Crippen molar-refractivity contribution in [1.29, 1.82) is 0 Å². The van der Waals surface area contributed by atoms with Gasteiger partial charge in [-0.05, 0) is 44.2 Å². The molecule has 0 saturated carbocycles. The number of fused-ring (bicyclic) bond motifs is 1. The standard InChI is InChI=1S/C17H25NO2/c1-5-8-14-13(16(19)20-6-2)11-12-9-7-10-17(3,4)15(12)18-14/h11H,5-10H2,1-4H3. The Bertz CT molecular complexity index is 506. The van der Waals surface area contributed by atoms with Crippen LogP contribution >= 0.6 is 0 Å². The number of carbonyl (C=O) groups is 1. The van der Waals surface area contributed by atoms with Crippen molar-refractivity contribution in [2.24, 2.45) is 0 Å². The molecule has 3 heteroatoms. The van der Waals surface area contributed by atoms with Gasteiger partial charge in [-0.3, -0.25) is 4.98 Å². The summed E-state index contributed by atoms with van der Waals surface area (Å²) in [5, 5.41) is 0. The zero-order valence-corrected chi connectivity index (χ0v) is 13.1. The number of hydrogen-bond acceptors (Lipinski definition) is 3. The minimum Gasteiger partial charge on any atom is -0.462 e. The number of nitrogens with zero attached hydrogens (tertiary/aromatic N) is 1. The maximum absolute atomic E-state index is 12.1. The van der Waals surface area contributed by atoms with Crippen LogP contribution in [-0.2, 0) is 23.0 Å². The van der Waals surface area contributed by atoms with Crippen molar-refractivity contribution in [3.05, 3.63) is 28.6 Å². The van der Waals surface area contributed by atoms with E-state index in [1.165, 1.54) is 11.3 Å².